The van der Waals surface area contributed by atoms with E-state index in [1.807, 2.05) is 6.92 Å². The van der Waals surface area contributed by atoms with Crippen molar-refractivity contribution in [3.05, 3.63) is 30.5 Å². The lowest BCUT2D eigenvalue weighted by Crippen LogP contribution is -2.16. The number of aryl methyl sites for hydroxylation is 1. The molecule has 4 nitrogen and oxygen atoms in total. The van der Waals surface area contributed by atoms with Crippen LogP contribution in [-0.4, -0.2) is 16.1 Å². The van der Waals surface area contributed by atoms with Gasteiger partial charge in [0, 0.05) is 18.3 Å². The highest BCUT2D eigenvalue weighted by Gasteiger charge is 2.31. The second-order valence-corrected chi connectivity index (χ2v) is 3.86. The number of ether oxygens (including phenoxy) is 1. The predicted molar refractivity (Wildman–Crippen MR) is 64.4 cm³/mol. The zero-order valence-electron chi connectivity index (χ0n) is 10.1. The number of alkyl halides is 3. The number of hydrogen-bond acceptors (Lipinski definition) is 3. The van der Waals surface area contributed by atoms with Crippen LogP contribution in [-0.2, 0) is 6.54 Å². The molecule has 0 amide bonds. The second-order valence-electron chi connectivity index (χ2n) is 3.86. The molecule has 1 heterocycles. The van der Waals surface area contributed by atoms with Crippen LogP contribution in [0.4, 0.5) is 18.9 Å². The van der Waals surface area contributed by atoms with E-state index in [1.165, 1.54) is 24.3 Å². The lowest BCUT2D eigenvalue weighted by Gasteiger charge is -2.08. The summed E-state index contributed by atoms with van der Waals surface area (Å²) in [5.74, 6) is -0.273. The molecule has 2 aromatic rings. The molecule has 0 radical (unpaired) electrons. The Balaban J connectivity index is 2.24. The Labute approximate surface area is 107 Å². The number of anilines is 1. The first-order valence-electron chi connectivity index (χ1n) is 5.58. The molecule has 19 heavy (non-hydrogen) atoms. The average Bonchev–Trinajstić information content (AvgIpc) is 2.70. The van der Waals surface area contributed by atoms with Gasteiger partial charge in [-0.2, -0.15) is 5.10 Å². The fourth-order valence-electron chi connectivity index (χ4n) is 1.64. The van der Waals surface area contributed by atoms with Crippen LogP contribution >= 0.6 is 0 Å². The summed E-state index contributed by atoms with van der Waals surface area (Å²) in [6, 6.07) is 5.43. The van der Waals surface area contributed by atoms with Crippen LogP contribution in [0.5, 0.6) is 5.75 Å². The molecular weight excluding hydrogens is 259 g/mol. The molecule has 0 aliphatic carbocycles. The summed E-state index contributed by atoms with van der Waals surface area (Å²) < 4.78 is 41.5. The van der Waals surface area contributed by atoms with Crippen molar-refractivity contribution in [1.82, 2.24) is 9.78 Å². The lowest BCUT2D eigenvalue weighted by molar-refractivity contribution is -0.274. The van der Waals surface area contributed by atoms with Crippen LogP contribution in [0.25, 0.3) is 11.3 Å². The zero-order chi connectivity index (χ0) is 14.0. The van der Waals surface area contributed by atoms with Crippen molar-refractivity contribution in [3.63, 3.8) is 0 Å². The number of nitrogen functional groups attached to an aromatic ring is 1. The van der Waals surface area contributed by atoms with Crippen molar-refractivity contribution in [2.45, 2.75) is 19.8 Å². The predicted octanol–water partition coefficient (Wildman–Crippen LogP) is 3.05. The first-order valence-corrected chi connectivity index (χ1v) is 5.58. The molecule has 2 rings (SSSR count). The standard InChI is InChI=1S/C12H12F3N3O/c1-2-18-7-10(16)11(17-18)8-3-5-9(6-4-8)19-12(13,14)15/h3-7H,2,16H2,1H3. The van der Waals surface area contributed by atoms with E-state index in [2.05, 4.69) is 9.84 Å². The number of rotatable bonds is 3. The fraction of sp³-hybridized carbons (Fsp3) is 0.250. The maximum absolute atomic E-state index is 12.0. The molecule has 0 saturated heterocycles. The summed E-state index contributed by atoms with van der Waals surface area (Å²) >= 11 is 0. The first-order chi connectivity index (χ1) is 8.89. The third-order valence-corrected chi connectivity index (χ3v) is 2.48. The third-order valence-electron chi connectivity index (χ3n) is 2.48. The van der Waals surface area contributed by atoms with Crippen molar-refractivity contribution in [2.75, 3.05) is 5.73 Å². The van der Waals surface area contributed by atoms with Crippen molar-refractivity contribution < 1.29 is 17.9 Å². The normalized spacial score (nSPS) is 11.6. The third kappa shape index (κ3) is 3.18. The Hall–Kier alpha value is -2.18. The molecular formula is C12H12F3N3O. The maximum atomic E-state index is 12.0. The molecule has 0 saturated carbocycles. The SMILES string of the molecule is CCn1cc(N)c(-c2ccc(OC(F)(F)F)cc2)n1. The summed E-state index contributed by atoms with van der Waals surface area (Å²) in [7, 11) is 0. The van der Waals surface area contributed by atoms with Gasteiger partial charge in [-0.05, 0) is 31.2 Å². The van der Waals surface area contributed by atoms with E-state index in [9.17, 15) is 13.2 Å². The van der Waals surface area contributed by atoms with E-state index in [0.717, 1.165) is 0 Å². The summed E-state index contributed by atoms with van der Waals surface area (Å²) in [5.41, 5.74) is 7.45. The Morgan fingerprint density at radius 2 is 1.89 bits per heavy atom. The highest BCUT2D eigenvalue weighted by Crippen LogP contribution is 2.28. The molecule has 2 N–H and O–H groups in total. The highest BCUT2D eigenvalue weighted by atomic mass is 19.4. The topological polar surface area (TPSA) is 53.1 Å². The van der Waals surface area contributed by atoms with Crippen LogP contribution in [0.2, 0.25) is 0 Å². The minimum absolute atomic E-state index is 0.273. The number of nitrogens with zero attached hydrogens (tertiary/aromatic N) is 2. The molecule has 0 spiro atoms. The molecule has 1 aromatic heterocycles. The smallest absolute Gasteiger partial charge is 0.406 e. The van der Waals surface area contributed by atoms with Gasteiger partial charge in [-0.25, -0.2) is 0 Å². The second kappa shape index (κ2) is 4.83. The monoisotopic (exact) mass is 271 g/mol. The molecule has 0 fully saturated rings. The Bertz CT molecular complexity index is 561. The average molecular weight is 271 g/mol. The minimum Gasteiger partial charge on any atom is -0.406 e. The molecule has 0 aliphatic heterocycles. The number of halogens is 3. The molecule has 7 heteroatoms. The van der Waals surface area contributed by atoms with Gasteiger partial charge in [0.25, 0.3) is 0 Å². The lowest BCUT2D eigenvalue weighted by atomic mass is 10.1. The minimum atomic E-state index is -4.69. The molecule has 0 unspecified atom stereocenters. The molecule has 0 aliphatic rings. The molecule has 1 aromatic carbocycles. The van der Waals surface area contributed by atoms with E-state index >= 15 is 0 Å². The summed E-state index contributed by atoms with van der Waals surface area (Å²) in [4.78, 5) is 0. The van der Waals surface area contributed by atoms with E-state index in [-0.39, 0.29) is 5.75 Å². The molecule has 0 atom stereocenters. The zero-order valence-corrected chi connectivity index (χ0v) is 10.1. The van der Waals surface area contributed by atoms with E-state index in [0.29, 0.717) is 23.5 Å². The van der Waals surface area contributed by atoms with Crippen LogP contribution in [0.1, 0.15) is 6.92 Å². The summed E-state index contributed by atoms with van der Waals surface area (Å²) in [6.45, 7) is 2.58. The first kappa shape index (κ1) is 13.3. The fourth-order valence-corrected chi connectivity index (χ4v) is 1.64. The van der Waals surface area contributed by atoms with Gasteiger partial charge in [0.1, 0.15) is 11.4 Å². The van der Waals surface area contributed by atoms with Crippen LogP contribution in [0.3, 0.4) is 0 Å². The van der Waals surface area contributed by atoms with E-state index in [1.54, 1.807) is 10.9 Å². The number of aromatic nitrogens is 2. The maximum Gasteiger partial charge on any atom is 0.573 e. The van der Waals surface area contributed by atoms with Gasteiger partial charge in [0.05, 0.1) is 5.69 Å². The van der Waals surface area contributed by atoms with Crippen molar-refractivity contribution >= 4 is 5.69 Å². The molecule has 0 bridgehead atoms. The van der Waals surface area contributed by atoms with Crippen LogP contribution < -0.4 is 10.5 Å². The van der Waals surface area contributed by atoms with Crippen molar-refractivity contribution in [2.24, 2.45) is 0 Å². The van der Waals surface area contributed by atoms with Gasteiger partial charge in [-0.15, -0.1) is 13.2 Å². The summed E-state index contributed by atoms with van der Waals surface area (Å²) in [6.07, 6.45) is -3.01. The van der Waals surface area contributed by atoms with Gasteiger partial charge in [-0.1, -0.05) is 0 Å². The quantitative estimate of drug-likeness (QED) is 0.933. The van der Waals surface area contributed by atoms with E-state index in [4.69, 9.17) is 5.73 Å². The Kier molecular flexibility index (Phi) is 3.37. The van der Waals surface area contributed by atoms with Crippen LogP contribution in [0.15, 0.2) is 30.5 Å². The van der Waals surface area contributed by atoms with E-state index < -0.39 is 6.36 Å². The van der Waals surface area contributed by atoms with Crippen molar-refractivity contribution in [3.8, 4) is 17.0 Å². The Morgan fingerprint density at radius 3 is 2.37 bits per heavy atom. The van der Waals surface area contributed by atoms with Crippen molar-refractivity contribution in [1.29, 1.82) is 0 Å². The van der Waals surface area contributed by atoms with Crippen LogP contribution in [0, 0.1) is 0 Å². The number of hydrogen-bond donors (Lipinski definition) is 1. The van der Waals surface area contributed by atoms with Gasteiger partial charge < -0.3 is 10.5 Å². The Morgan fingerprint density at radius 1 is 1.26 bits per heavy atom. The van der Waals surface area contributed by atoms with Gasteiger partial charge in [-0.3, -0.25) is 4.68 Å². The highest BCUT2D eigenvalue weighted by molar-refractivity contribution is 5.72. The largest absolute Gasteiger partial charge is 0.573 e. The van der Waals surface area contributed by atoms with Gasteiger partial charge >= 0.3 is 6.36 Å². The van der Waals surface area contributed by atoms with Gasteiger partial charge in [0.15, 0.2) is 0 Å². The molecule has 102 valence electrons. The summed E-state index contributed by atoms with van der Waals surface area (Å²) in [5, 5.41) is 4.23. The number of nitrogens with two attached hydrogens (primary N) is 1. The van der Waals surface area contributed by atoms with Gasteiger partial charge in [0.2, 0.25) is 0 Å². The number of benzene rings is 1.